The molecule has 2 aliphatic heterocycles. The molecular formula is C19H24N2O4S2. The summed E-state index contributed by atoms with van der Waals surface area (Å²) in [5, 5.41) is 8.66. The summed E-state index contributed by atoms with van der Waals surface area (Å²) in [6, 6.07) is 3.85. The summed E-state index contributed by atoms with van der Waals surface area (Å²) >= 11 is 6.62. The van der Waals surface area contributed by atoms with Gasteiger partial charge in [-0.25, -0.2) is 0 Å². The molecule has 0 bridgehead atoms. The molecule has 0 atom stereocenters. The van der Waals surface area contributed by atoms with Gasteiger partial charge in [0.05, 0.1) is 4.91 Å². The van der Waals surface area contributed by atoms with Gasteiger partial charge in [0, 0.05) is 38.2 Å². The maximum atomic E-state index is 12.6. The van der Waals surface area contributed by atoms with Crippen LogP contribution in [0, 0.1) is 0 Å². The Morgan fingerprint density at radius 3 is 2.74 bits per heavy atom. The molecule has 8 heteroatoms. The highest BCUT2D eigenvalue weighted by atomic mass is 32.2. The average Bonchev–Trinajstić information content (AvgIpc) is 3.22. The maximum Gasteiger partial charge on any atom is 0.303 e. The maximum absolute atomic E-state index is 12.6. The SMILES string of the molecule is O=C(O)CCCCCN1C(=O)/C(=C/c2ccc(N3CCCCC3)o2)SC1=S. The Labute approximate surface area is 168 Å². The highest BCUT2D eigenvalue weighted by Gasteiger charge is 2.31. The van der Waals surface area contributed by atoms with Crippen LogP contribution in [0.25, 0.3) is 6.08 Å². The fourth-order valence-electron chi connectivity index (χ4n) is 3.25. The summed E-state index contributed by atoms with van der Waals surface area (Å²) in [6.07, 6.45) is 7.68. The van der Waals surface area contributed by atoms with Crippen molar-refractivity contribution in [2.45, 2.75) is 44.9 Å². The number of rotatable bonds is 8. The molecule has 0 spiro atoms. The fourth-order valence-corrected chi connectivity index (χ4v) is 4.54. The normalized spacial score (nSPS) is 19.3. The number of carbonyl (C=O) groups excluding carboxylic acids is 1. The van der Waals surface area contributed by atoms with Crippen LogP contribution >= 0.6 is 24.0 Å². The van der Waals surface area contributed by atoms with Gasteiger partial charge < -0.3 is 14.4 Å². The van der Waals surface area contributed by atoms with Gasteiger partial charge in [-0.1, -0.05) is 30.4 Å². The van der Waals surface area contributed by atoms with E-state index in [4.69, 9.17) is 21.7 Å². The first-order valence-corrected chi connectivity index (χ1v) is 10.6. The van der Waals surface area contributed by atoms with Crippen LogP contribution in [0.4, 0.5) is 5.88 Å². The van der Waals surface area contributed by atoms with E-state index in [0.29, 0.717) is 28.0 Å². The molecule has 6 nitrogen and oxygen atoms in total. The Hall–Kier alpha value is -1.80. The van der Waals surface area contributed by atoms with Crippen molar-refractivity contribution in [2.24, 2.45) is 0 Å². The molecule has 2 aliphatic rings. The molecule has 1 aromatic rings. The van der Waals surface area contributed by atoms with Crippen LogP contribution in [0.1, 0.15) is 50.7 Å². The zero-order valence-electron chi connectivity index (χ0n) is 15.2. The van der Waals surface area contributed by atoms with E-state index in [1.165, 1.54) is 31.0 Å². The van der Waals surface area contributed by atoms with Gasteiger partial charge in [-0.2, -0.15) is 0 Å². The number of thioether (sulfide) groups is 1. The first-order chi connectivity index (χ1) is 13.0. The summed E-state index contributed by atoms with van der Waals surface area (Å²) in [6.45, 7) is 2.55. The molecule has 3 rings (SSSR count). The Kier molecular flexibility index (Phi) is 6.95. The van der Waals surface area contributed by atoms with E-state index in [0.717, 1.165) is 31.8 Å². The fraction of sp³-hybridized carbons (Fsp3) is 0.526. The molecule has 0 radical (unpaired) electrons. The second-order valence-electron chi connectivity index (χ2n) is 6.76. The molecule has 0 unspecified atom stereocenters. The second kappa shape index (κ2) is 9.41. The zero-order valence-corrected chi connectivity index (χ0v) is 16.8. The summed E-state index contributed by atoms with van der Waals surface area (Å²) in [5.74, 6) is 0.637. The largest absolute Gasteiger partial charge is 0.481 e. The van der Waals surface area contributed by atoms with Gasteiger partial charge in [-0.05, 0) is 38.2 Å². The van der Waals surface area contributed by atoms with Crippen molar-refractivity contribution >= 4 is 52.1 Å². The first kappa shape index (κ1) is 19.9. The molecule has 3 heterocycles. The van der Waals surface area contributed by atoms with Crippen LogP contribution < -0.4 is 4.90 Å². The molecule has 2 fully saturated rings. The molecule has 1 aromatic heterocycles. The van der Waals surface area contributed by atoms with Crippen LogP contribution in [-0.2, 0) is 9.59 Å². The van der Waals surface area contributed by atoms with Crippen LogP contribution in [-0.4, -0.2) is 45.8 Å². The highest BCUT2D eigenvalue weighted by Crippen LogP contribution is 2.34. The molecular weight excluding hydrogens is 384 g/mol. The topological polar surface area (TPSA) is 74.0 Å². The molecule has 1 amide bonds. The van der Waals surface area contributed by atoms with Crippen LogP contribution in [0.2, 0.25) is 0 Å². The number of piperidine rings is 1. The van der Waals surface area contributed by atoms with Crippen LogP contribution in [0.15, 0.2) is 21.5 Å². The standard InChI is InChI=1S/C19H24N2O4S2/c22-17(23)7-3-1-6-12-21-18(24)15(27-19(21)26)13-14-8-9-16(25-14)20-10-4-2-5-11-20/h8-9,13H,1-7,10-12H2,(H,22,23)/b15-13-. The zero-order chi connectivity index (χ0) is 19.2. The number of unbranched alkanes of at least 4 members (excludes halogenated alkanes) is 2. The number of anilines is 1. The number of aliphatic carboxylic acids is 1. The van der Waals surface area contributed by atoms with Crippen molar-refractivity contribution in [2.75, 3.05) is 24.5 Å². The second-order valence-corrected chi connectivity index (χ2v) is 8.44. The molecule has 0 aliphatic carbocycles. The number of carboxylic acid groups (broad SMARTS) is 1. The lowest BCUT2D eigenvalue weighted by atomic mass is 10.1. The van der Waals surface area contributed by atoms with Gasteiger partial charge in [0.2, 0.25) is 0 Å². The number of nitrogens with zero attached hydrogens (tertiary/aromatic N) is 2. The van der Waals surface area contributed by atoms with Crippen molar-refractivity contribution in [3.05, 3.63) is 22.8 Å². The lowest BCUT2D eigenvalue weighted by Crippen LogP contribution is -2.29. The van der Waals surface area contributed by atoms with Crippen LogP contribution in [0.3, 0.4) is 0 Å². The minimum Gasteiger partial charge on any atom is -0.481 e. The number of amides is 1. The van der Waals surface area contributed by atoms with Gasteiger partial charge in [0.25, 0.3) is 5.91 Å². The van der Waals surface area contributed by atoms with Crippen LogP contribution in [0.5, 0.6) is 0 Å². The average molecular weight is 409 g/mol. The predicted molar refractivity (Wildman–Crippen MR) is 111 cm³/mol. The molecule has 0 aromatic carbocycles. The third kappa shape index (κ3) is 5.35. The number of hydrogen-bond donors (Lipinski definition) is 1. The highest BCUT2D eigenvalue weighted by molar-refractivity contribution is 8.26. The minimum absolute atomic E-state index is 0.0980. The van der Waals surface area contributed by atoms with Gasteiger partial charge in [-0.15, -0.1) is 0 Å². The van der Waals surface area contributed by atoms with Gasteiger partial charge >= 0.3 is 5.97 Å². The lowest BCUT2D eigenvalue weighted by Gasteiger charge is -2.25. The van der Waals surface area contributed by atoms with E-state index in [1.807, 2.05) is 12.1 Å². The molecule has 27 heavy (non-hydrogen) atoms. The third-order valence-electron chi connectivity index (χ3n) is 4.70. The van der Waals surface area contributed by atoms with Crippen molar-refractivity contribution < 1.29 is 19.1 Å². The number of carbonyl (C=O) groups is 2. The Balaban J connectivity index is 1.56. The third-order valence-corrected chi connectivity index (χ3v) is 6.08. The Morgan fingerprint density at radius 2 is 2.00 bits per heavy atom. The Bertz CT molecular complexity index is 738. The summed E-state index contributed by atoms with van der Waals surface area (Å²) < 4.78 is 6.45. The van der Waals surface area contributed by atoms with E-state index >= 15 is 0 Å². The van der Waals surface area contributed by atoms with Crippen molar-refractivity contribution in [1.82, 2.24) is 4.90 Å². The summed E-state index contributed by atoms with van der Waals surface area (Å²) in [7, 11) is 0. The van der Waals surface area contributed by atoms with E-state index in [1.54, 1.807) is 11.0 Å². The molecule has 2 saturated heterocycles. The lowest BCUT2D eigenvalue weighted by molar-refractivity contribution is -0.137. The smallest absolute Gasteiger partial charge is 0.303 e. The van der Waals surface area contributed by atoms with E-state index in [2.05, 4.69) is 4.90 Å². The number of hydrogen-bond acceptors (Lipinski definition) is 6. The van der Waals surface area contributed by atoms with Gasteiger partial charge in [0.1, 0.15) is 10.1 Å². The molecule has 146 valence electrons. The molecule has 0 saturated carbocycles. The number of furan rings is 1. The first-order valence-electron chi connectivity index (χ1n) is 9.36. The van der Waals surface area contributed by atoms with Gasteiger partial charge in [0.15, 0.2) is 5.88 Å². The number of thiocarbonyl (C=S) groups is 1. The number of carboxylic acids is 1. The van der Waals surface area contributed by atoms with Crippen molar-refractivity contribution in [3.63, 3.8) is 0 Å². The van der Waals surface area contributed by atoms with Crippen molar-refractivity contribution in [3.8, 4) is 0 Å². The van der Waals surface area contributed by atoms with Gasteiger partial charge in [-0.3, -0.25) is 14.5 Å². The quantitative estimate of drug-likeness (QED) is 0.394. The van der Waals surface area contributed by atoms with E-state index in [-0.39, 0.29) is 12.3 Å². The Morgan fingerprint density at radius 1 is 1.22 bits per heavy atom. The molecule has 1 N–H and O–H groups in total. The predicted octanol–water partition coefficient (Wildman–Crippen LogP) is 4.12. The van der Waals surface area contributed by atoms with Crippen molar-refractivity contribution in [1.29, 1.82) is 0 Å². The minimum atomic E-state index is -0.786. The van der Waals surface area contributed by atoms with E-state index in [9.17, 15) is 9.59 Å². The summed E-state index contributed by atoms with van der Waals surface area (Å²) in [4.78, 5) is 27.5. The van der Waals surface area contributed by atoms with E-state index < -0.39 is 5.97 Å². The monoisotopic (exact) mass is 408 g/mol. The summed E-state index contributed by atoms with van der Waals surface area (Å²) in [5.41, 5.74) is 0.